The van der Waals surface area contributed by atoms with Gasteiger partial charge >= 0.3 is 6.18 Å². The molecule has 1 amide bonds. The van der Waals surface area contributed by atoms with Crippen LogP contribution in [0, 0.1) is 5.92 Å². The Bertz CT molecular complexity index is 681. The van der Waals surface area contributed by atoms with Gasteiger partial charge in [0.15, 0.2) is 0 Å². The number of aromatic hydroxyl groups is 1. The van der Waals surface area contributed by atoms with Crippen molar-refractivity contribution >= 4 is 11.6 Å². The molecule has 1 aromatic carbocycles. The number of carbonyl (C=O) groups excluding carboxylic acids is 1. The van der Waals surface area contributed by atoms with Gasteiger partial charge in [-0.15, -0.1) is 0 Å². The third-order valence-corrected chi connectivity index (χ3v) is 4.84. The first kappa shape index (κ1) is 17.7. The number of benzene rings is 1. The van der Waals surface area contributed by atoms with Crippen molar-refractivity contribution in [1.82, 2.24) is 5.01 Å². The van der Waals surface area contributed by atoms with Gasteiger partial charge in [0, 0.05) is 17.7 Å². The zero-order valence-corrected chi connectivity index (χ0v) is 13.5. The van der Waals surface area contributed by atoms with Gasteiger partial charge < -0.3 is 10.2 Å². The molecule has 2 aliphatic rings. The fourth-order valence-corrected chi connectivity index (χ4v) is 3.40. The Hall–Kier alpha value is -2.09. The van der Waals surface area contributed by atoms with E-state index in [-0.39, 0.29) is 28.0 Å². The summed E-state index contributed by atoms with van der Waals surface area (Å²) in [5.41, 5.74) is -3.20. The fourth-order valence-electron chi connectivity index (χ4n) is 3.40. The highest BCUT2D eigenvalue weighted by molar-refractivity contribution is 5.99. The van der Waals surface area contributed by atoms with Gasteiger partial charge in [-0.1, -0.05) is 19.3 Å². The van der Waals surface area contributed by atoms with Crippen LogP contribution in [-0.2, 0) is 0 Å². The standard InChI is InChI=1S/C17H19F3N2O3/c18-17(19,20)16(25)10-14(11-4-2-1-3-5-11)21-22(16)15(24)12-6-8-13(23)9-7-12/h6-9,11,23,25H,1-5,10H2/t16-/m0/s1. The summed E-state index contributed by atoms with van der Waals surface area (Å²) in [6, 6.07) is 4.79. The van der Waals surface area contributed by atoms with Gasteiger partial charge in [0.05, 0.1) is 0 Å². The average molecular weight is 356 g/mol. The number of amides is 1. The van der Waals surface area contributed by atoms with Crippen LogP contribution in [0.4, 0.5) is 13.2 Å². The highest BCUT2D eigenvalue weighted by atomic mass is 19.4. The zero-order chi connectivity index (χ0) is 18.2. The average Bonchev–Trinajstić information content (AvgIpc) is 2.95. The van der Waals surface area contributed by atoms with Crippen molar-refractivity contribution in [3.8, 4) is 5.75 Å². The van der Waals surface area contributed by atoms with Crippen LogP contribution in [0.2, 0.25) is 0 Å². The van der Waals surface area contributed by atoms with Gasteiger partial charge in [0.1, 0.15) is 5.75 Å². The number of rotatable bonds is 2. The summed E-state index contributed by atoms with van der Waals surface area (Å²) >= 11 is 0. The maximum atomic E-state index is 13.5. The number of aliphatic hydroxyl groups is 1. The number of phenols is 1. The van der Waals surface area contributed by atoms with E-state index in [1.165, 1.54) is 24.3 Å². The van der Waals surface area contributed by atoms with Crippen LogP contribution in [0.5, 0.6) is 5.75 Å². The molecular weight excluding hydrogens is 337 g/mol. The lowest BCUT2D eigenvalue weighted by Gasteiger charge is -2.32. The van der Waals surface area contributed by atoms with E-state index in [1.54, 1.807) is 0 Å². The molecule has 8 heteroatoms. The monoisotopic (exact) mass is 356 g/mol. The summed E-state index contributed by atoms with van der Waals surface area (Å²) in [7, 11) is 0. The number of carbonyl (C=O) groups is 1. The maximum Gasteiger partial charge on any atom is 0.438 e. The number of hydrazone groups is 1. The molecule has 0 spiro atoms. The molecule has 1 aromatic rings. The minimum absolute atomic E-state index is 0.0888. The first-order valence-electron chi connectivity index (χ1n) is 8.22. The van der Waals surface area contributed by atoms with Crippen LogP contribution >= 0.6 is 0 Å². The zero-order valence-electron chi connectivity index (χ0n) is 13.5. The SMILES string of the molecule is O=C(c1ccc(O)cc1)N1N=C(C2CCCCC2)C[C@]1(O)C(F)(F)F. The molecule has 1 saturated carbocycles. The Labute approximate surface area is 142 Å². The quantitative estimate of drug-likeness (QED) is 0.853. The van der Waals surface area contributed by atoms with Crippen LogP contribution in [0.25, 0.3) is 0 Å². The first-order valence-corrected chi connectivity index (χ1v) is 8.22. The van der Waals surface area contributed by atoms with Crippen LogP contribution in [0.1, 0.15) is 48.9 Å². The lowest BCUT2D eigenvalue weighted by Crippen LogP contribution is -2.56. The number of alkyl halides is 3. The number of phenolic OH excluding ortho intramolecular Hbond substituents is 1. The fraction of sp³-hybridized carbons (Fsp3) is 0.529. The molecule has 1 heterocycles. The van der Waals surface area contributed by atoms with Gasteiger partial charge in [-0.3, -0.25) is 4.79 Å². The third kappa shape index (κ3) is 3.22. The van der Waals surface area contributed by atoms with Crippen LogP contribution in [0.15, 0.2) is 29.4 Å². The minimum atomic E-state index is -5.03. The van der Waals surface area contributed by atoms with Crippen molar-refractivity contribution in [1.29, 1.82) is 0 Å². The predicted octanol–water partition coefficient (Wildman–Crippen LogP) is 3.43. The van der Waals surface area contributed by atoms with Crippen molar-refractivity contribution in [2.45, 2.75) is 50.4 Å². The molecule has 1 atom stereocenters. The summed E-state index contributed by atoms with van der Waals surface area (Å²) in [4.78, 5) is 12.5. The maximum absolute atomic E-state index is 13.5. The minimum Gasteiger partial charge on any atom is -0.508 e. The third-order valence-electron chi connectivity index (χ3n) is 4.84. The lowest BCUT2D eigenvalue weighted by atomic mass is 9.83. The summed E-state index contributed by atoms with van der Waals surface area (Å²) in [5.74, 6) is -1.30. The van der Waals surface area contributed by atoms with E-state index < -0.39 is 24.2 Å². The Morgan fingerprint density at radius 3 is 2.32 bits per heavy atom. The second-order valence-corrected chi connectivity index (χ2v) is 6.58. The van der Waals surface area contributed by atoms with E-state index in [2.05, 4.69) is 5.10 Å². The van der Waals surface area contributed by atoms with Crippen molar-refractivity contribution < 1.29 is 28.2 Å². The Kier molecular flexibility index (Phi) is 4.49. The Morgan fingerprint density at radius 2 is 1.76 bits per heavy atom. The van der Waals surface area contributed by atoms with E-state index in [1.807, 2.05) is 0 Å². The number of nitrogens with zero attached hydrogens (tertiary/aromatic N) is 2. The van der Waals surface area contributed by atoms with Crippen molar-refractivity contribution in [2.75, 3.05) is 0 Å². The predicted molar refractivity (Wildman–Crippen MR) is 83.9 cm³/mol. The largest absolute Gasteiger partial charge is 0.508 e. The first-order chi connectivity index (χ1) is 11.7. The molecule has 2 N–H and O–H groups in total. The molecule has 3 rings (SSSR count). The van der Waals surface area contributed by atoms with Gasteiger partial charge in [-0.2, -0.15) is 23.3 Å². The van der Waals surface area contributed by atoms with Gasteiger partial charge in [-0.05, 0) is 43.0 Å². The molecule has 0 bridgehead atoms. The number of hydrogen-bond acceptors (Lipinski definition) is 4. The molecule has 0 unspecified atom stereocenters. The second-order valence-electron chi connectivity index (χ2n) is 6.58. The number of hydrogen-bond donors (Lipinski definition) is 2. The van der Waals surface area contributed by atoms with Gasteiger partial charge in [0.2, 0.25) is 0 Å². The molecule has 5 nitrogen and oxygen atoms in total. The molecule has 0 radical (unpaired) electrons. The summed E-state index contributed by atoms with van der Waals surface area (Å²) < 4.78 is 40.6. The van der Waals surface area contributed by atoms with Crippen molar-refractivity contribution in [3.63, 3.8) is 0 Å². The summed E-state index contributed by atoms with van der Waals surface area (Å²) in [6.45, 7) is 0. The summed E-state index contributed by atoms with van der Waals surface area (Å²) in [6.07, 6.45) is -1.48. The Balaban J connectivity index is 1.94. The van der Waals surface area contributed by atoms with Crippen LogP contribution in [0.3, 0.4) is 0 Å². The van der Waals surface area contributed by atoms with E-state index in [0.717, 1.165) is 19.3 Å². The molecule has 0 saturated heterocycles. The molecule has 1 fully saturated rings. The van der Waals surface area contributed by atoms with Crippen molar-refractivity contribution in [3.05, 3.63) is 29.8 Å². The van der Waals surface area contributed by atoms with Crippen LogP contribution < -0.4 is 0 Å². The second kappa shape index (κ2) is 6.33. The van der Waals surface area contributed by atoms with Crippen LogP contribution in [-0.4, -0.2) is 38.7 Å². The highest BCUT2D eigenvalue weighted by Gasteiger charge is 2.63. The summed E-state index contributed by atoms with van der Waals surface area (Å²) in [5, 5.41) is 23.6. The normalized spacial score (nSPS) is 25.1. The topological polar surface area (TPSA) is 73.1 Å². The van der Waals surface area contributed by atoms with E-state index in [4.69, 9.17) is 0 Å². The van der Waals surface area contributed by atoms with E-state index in [0.29, 0.717) is 12.8 Å². The molecule has 1 aliphatic carbocycles. The molecular formula is C17H19F3N2O3. The number of halogens is 3. The van der Waals surface area contributed by atoms with Crippen molar-refractivity contribution in [2.24, 2.45) is 11.0 Å². The Morgan fingerprint density at radius 1 is 1.16 bits per heavy atom. The molecule has 136 valence electrons. The lowest BCUT2D eigenvalue weighted by molar-refractivity contribution is -0.297. The van der Waals surface area contributed by atoms with E-state index >= 15 is 0 Å². The van der Waals surface area contributed by atoms with Gasteiger partial charge in [-0.25, -0.2) is 0 Å². The molecule has 0 aromatic heterocycles. The highest BCUT2D eigenvalue weighted by Crippen LogP contribution is 2.43. The smallest absolute Gasteiger partial charge is 0.438 e. The van der Waals surface area contributed by atoms with Gasteiger partial charge in [0.25, 0.3) is 11.6 Å². The molecule has 1 aliphatic heterocycles. The van der Waals surface area contributed by atoms with E-state index in [9.17, 15) is 28.2 Å². The molecule has 25 heavy (non-hydrogen) atoms.